The van der Waals surface area contributed by atoms with Crippen LogP contribution in [0.4, 0.5) is 0 Å². The van der Waals surface area contributed by atoms with E-state index in [1.54, 1.807) is 19.5 Å². The van der Waals surface area contributed by atoms with Crippen LogP contribution < -0.4 is 10.5 Å². The Morgan fingerprint density at radius 2 is 2.09 bits per heavy atom. The summed E-state index contributed by atoms with van der Waals surface area (Å²) in [6.07, 6.45) is 5.32. The SMILES string of the molecule is CCc1c(CC2COC(N)=N2)cccc1-c1cnc(OC)nc1. The van der Waals surface area contributed by atoms with E-state index in [9.17, 15) is 0 Å². The van der Waals surface area contributed by atoms with Gasteiger partial charge in [-0.3, -0.25) is 0 Å². The van der Waals surface area contributed by atoms with E-state index in [1.807, 2.05) is 0 Å². The van der Waals surface area contributed by atoms with Crippen LogP contribution in [0.25, 0.3) is 11.1 Å². The number of aliphatic imine (C=N–C) groups is 1. The van der Waals surface area contributed by atoms with E-state index in [-0.39, 0.29) is 12.1 Å². The number of rotatable bonds is 5. The summed E-state index contributed by atoms with van der Waals surface area (Å²) in [6.45, 7) is 2.69. The predicted molar refractivity (Wildman–Crippen MR) is 88.5 cm³/mol. The molecule has 1 unspecified atom stereocenters. The van der Waals surface area contributed by atoms with Crippen molar-refractivity contribution in [2.24, 2.45) is 10.7 Å². The third-order valence-electron chi connectivity index (χ3n) is 3.94. The van der Waals surface area contributed by atoms with Crippen molar-refractivity contribution in [1.82, 2.24) is 9.97 Å². The molecule has 0 amide bonds. The van der Waals surface area contributed by atoms with Crippen molar-refractivity contribution in [1.29, 1.82) is 0 Å². The molecule has 1 aliphatic rings. The lowest BCUT2D eigenvalue weighted by molar-refractivity contribution is 0.312. The van der Waals surface area contributed by atoms with Crippen molar-refractivity contribution in [2.75, 3.05) is 13.7 Å². The first-order chi connectivity index (χ1) is 11.2. The number of ether oxygens (including phenoxy) is 2. The quantitative estimate of drug-likeness (QED) is 0.912. The summed E-state index contributed by atoms with van der Waals surface area (Å²) in [5, 5.41) is 0. The zero-order chi connectivity index (χ0) is 16.2. The number of benzene rings is 1. The first kappa shape index (κ1) is 15.3. The molecule has 6 heteroatoms. The molecule has 2 heterocycles. The fourth-order valence-electron chi connectivity index (χ4n) is 2.87. The normalized spacial score (nSPS) is 16.8. The minimum Gasteiger partial charge on any atom is -0.467 e. The Hall–Kier alpha value is -2.63. The summed E-state index contributed by atoms with van der Waals surface area (Å²) in [7, 11) is 1.56. The van der Waals surface area contributed by atoms with Crippen LogP contribution in [0.3, 0.4) is 0 Å². The van der Waals surface area contributed by atoms with Crippen LogP contribution in [-0.2, 0) is 17.6 Å². The number of amidine groups is 1. The van der Waals surface area contributed by atoms with Gasteiger partial charge in [0.15, 0.2) is 0 Å². The van der Waals surface area contributed by atoms with E-state index in [1.165, 1.54) is 11.1 Å². The van der Waals surface area contributed by atoms with Crippen LogP contribution in [0, 0.1) is 0 Å². The number of hydrogen-bond donors (Lipinski definition) is 1. The van der Waals surface area contributed by atoms with E-state index < -0.39 is 0 Å². The molecule has 0 bridgehead atoms. The second kappa shape index (κ2) is 6.64. The molecule has 0 saturated carbocycles. The Morgan fingerprint density at radius 3 is 2.70 bits per heavy atom. The Balaban J connectivity index is 1.92. The third-order valence-corrected chi connectivity index (χ3v) is 3.94. The zero-order valence-electron chi connectivity index (χ0n) is 13.3. The van der Waals surface area contributed by atoms with Gasteiger partial charge in [-0.2, -0.15) is 0 Å². The molecule has 1 atom stereocenters. The van der Waals surface area contributed by atoms with Crippen LogP contribution in [0.5, 0.6) is 6.01 Å². The molecule has 0 spiro atoms. The second-order valence-electron chi connectivity index (χ2n) is 5.39. The van der Waals surface area contributed by atoms with E-state index in [4.69, 9.17) is 15.2 Å². The number of nitrogens with zero attached hydrogens (tertiary/aromatic N) is 3. The topological polar surface area (TPSA) is 82.6 Å². The second-order valence-corrected chi connectivity index (χ2v) is 5.39. The highest BCUT2D eigenvalue weighted by molar-refractivity contribution is 5.73. The van der Waals surface area contributed by atoms with Crippen LogP contribution in [0.2, 0.25) is 0 Å². The smallest absolute Gasteiger partial charge is 0.316 e. The first-order valence-electron chi connectivity index (χ1n) is 7.64. The van der Waals surface area contributed by atoms with Gasteiger partial charge >= 0.3 is 6.01 Å². The molecule has 0 aliphatic carbocycles. The van der Waals surface area contributed by atoms with Crippen molar-refractivity contribution in [3.8, 4) is 17.1 Å². The van der Waals surface area contributed by atoms with E-state index in [0.29, 0.717) is 12.6 Å². The number of methoxy groups -OCH3 is 1. The lowest BCUT2D eigenvalue weighted by Gasteiger charge is -2.15. The van der Waals surface area contributed by atoms with Gasteiger partial charge in [-0.25, -0.2) is 15.0 Å². The van der Waals surface area contributed by atoms with E-state index in [0.717, 1.165) is 24.0 Å². The van der Waals surface area contributed by atoms with Gasteiger partial charge in [0.25, 0.3) is 6.02 Å². The van der Waals surface area contributed by atoms with Crippen LogP contribution in [-0.4, -0.2) is 35.7 Å². The van der Waals surface area contributed by atoms with Crippen LogP contribution >= 0.6 is 0 Å². The molecule has 1 aromatic heterocycles. The summed E-state index contributed by atoms with van der Waals surface area (Å²) in [5.74, 6) is 0. The molecule has 0 fully saturated rings. The van der Waals surface area contributed by atoms with Crippen molar-refractivity contribution in [3.05, 3.63) is 41.7 Å². The minimum absolute atomic E-state index is 0.0858. The highest BCUT2D eigenvalue weighted by Crippen LogP contribution is 2.28. The molecule has 0 saturated heterocycles. The largest absolute Gasteiger partial charge is 0.467 e. The number of nitrogens with two attached hydrogens (primary N) is 1. The van der Waals surface area contributed by atoms with Gasteiger partial charge in [-0.1, -0.05) is 25.1 Å². The Morgan fingerprint density at radius 1 is 1.30 bits per heavy atom. The van der Waals surface area contributed by atoms with Gasteiger partial charge in [0.1, 0.15) is 6.61 Å². The highest BCUT2D eigenvalue weighted by atomic mass is 16.5. The van der Waals surface area contributed by atoms with Gasteiger partial charge in [0, 0.05) is 18.0 Å². The summed E-state index contributed by atoms with van der Waals surface area (Å²) >= 11 is 0. The number of hydrogen-bond acceptors (Lipinski definition) is 6. The maximum atomic E-state index is 5.60. The molecule has 1 aromatic carbocycles. The van der Waals surface area contributed by atoms with Crippen molar-refractivity contribution < 1.29 is 9.47 Å². The zero-order valence-corrected chi connectivity index (χ0v) is 13.3. The Kier molecular flexibility index (Phi) is 4.41. The predicted octanol–water partition coefficient (Wildman–Crippen LogP) is 1.97. The number of aromatic nitrogens is 2. The molecule has 2 N–H and O–H groups in total. The molecule has 6 nitrogen and oxygen atoms in total. The maximum absolute atomic E-state index is 5.60. The molecule has 3 rings (SSSR count). The molecule has 120 valence electrons. The minimum atomic E-state index is 0.0858. The van der Waals surface area contributed by atoms with Gasteiger partial charge in [-0.15, -0.1) is 0 Å². The van der Waals surface area contributed by atoms with Gasteiger partial charge in [0.05, 0.1) is 13.2 Å². The van der Waals surface area contributed by atoms with E-state index in [2.05, 4.69) is 40.1 Å². The molecule has 23 heavy (non-hydrogen) atoms. The molecule has 0 radical (unpaired) electrons. The molecular weight excluding hydrogens is 292 g/mol. The average Bonchev–Trinajstić information content (AvgIpc) is 2.99. The fourth-order valence-corrected chi connectivity index (χ4v) is 2.87. The summed E-state index contributed by atoms with van der Waals surface area (Å²) in [4.78, 5) is 12.7. The summed E-state index contributed by atoms with van der Waals surface area (Å²) in [5.41, 5.74) is 10.3. The van der Waals surface area contributed by atoms with Crippen molar-refractivity contribution in [2.45, 2.75) is 25.8 Å². The lowest BCUT2D eigenvalue weighted by atomic mass is 9.92. The Labute approximate surface area is 135 Å². The fraction of sp³-hybridized carbons (Fsp3) is 0.353. The third kappa shape index (κ3) is 3.26. The monoisotopic (exact) mass is 312 g/mol. The van der Waals surface area contributed by atoms with Crippen molar-refractivity contribution in [3.63, 3.8) is 0 Å². The maximum Gasteiger partial charge on any atom is 0.316 e. The first-order valence-corrected chi connectivity index (χ1v) is 7.64. The van der Waals surface area contributed by atoms with Crippen LogP contribution in [0.1, 0.15) is 18.1 Å². The standard InChI is InChI=1S/C17H20N4O2/c1-3-14-11(7-13-10-23-16(18)21-13)5-4-6-15(14)12-8-19-17(22-2)20-9-12/h4-6,8-9,13H,3,7,10H2,1-2H3,(H2,18,21). The van der Waals surface area contributed by atoms with Crippen molar-refractivity contribution >= 4 is 6.02 Å². The van der Waals surface area contributed by atoms with E-state index >= 15 is 0 Å². The van der Waals surface area contributed by atoms with Gasteiger partial charge in [0.2, 0.25) is 0 Å². The summed E-state index contributed by atoms with van der Waals surface area (Å²) < 4.78 is 10.3. The van der Waals surface area contributed by atoms with Gasteiger partial charge in [-0.05, 0) is 29.5 Å². The lowest BCUT2D eigenvalue weighted by Crippen LogP contribution is -2.12. The van der Waals surface area contributed by atoms with Gasteiger partial charge < -0.3 is 15.2 Å². The highest BCUT2D eigenvalue weighted by Gasteiger charge is 2.19. The summed E-state index contributed by atoms with van der Waals surface area (Å²) in [6, 6.07) is 7.02. The molecule has 2 aromatic rings. The molecular formula is C17H20N4O2. The molecule has 1 aliphatic heterocycles. The Bertz CT molecular complexity index is 713. The average molecular weight is 312 g/mol. The van der Waals surface area contributed by atoms with Crippen LogP contribution in [0.15, 0.2) is 35.6 Å².